The van der Waals surface area contributed by atoms with E-state index in [9.17, 15) is 4.79 Å². The predicted molar refractivity (Wildman–Crippen MR) is 72.6 cm³/mol. The third-order valence-electron chi connectivity index (χ3n) is 3.71. The van der Waals surface area contributed by atoms with Gasteiger partial charge in [0.2, 0.25) is 0 Å². The van der Waals surface area contributed by atoms with Crippen LogP contribution in [-0.4, -0.2) is 19.1 Å². The van der Waals surface area contributed by atoms with Crippen molar-refractivity contribution in [3.8, 4) is 0 Å². The Morgan fingerprint density at radius 2 is 2.22 bits per heavy atom. The first-order valence-electron chi connectivity index (χ1n) is 6.36. The number of esters is 1. The molecule has 1 saturated carbocycles. The van der Waals surface area contributed by atoms with Gasteiger partial charge in [-0.15, -0.1) is 0 Å². The highest BCUT2D eigenvalue weighted by atomic mass is 16.5. The van der Waals surface area contributed by atoms with Crippen molar-refractivity contribution in [1.29, 1.82) is 0 Å². The van der Waals surface area contributed by atoms with E-state index < -0.39 is 5.97 Å². The highest BCUT2D eigenvalue weighted by Crippen LogP contribution is 2.31. The molecule has 1 fully saturated rings. The summed E-state index contributed by atoms with van der Waals surface area (Å²) < 4.78 is 4.71. The number of nitrogen functional groups attached to an aromatic ring is 1. The van der Waals surface area contributed by atoms with Gasteiger partial charge in [-0.2, -0.15) is 0 Å². The molecule has 4 nitrogen and oxygen atoms in total. The second kappa shape index (κ2) is 5.29. The summed E-state index contributed by atoms with van der Waals surface area (Å²) in [4.78, 5) is 11.5. The number of carbonyl (C=O) groups excluding carboxylic acids is 1. The Morgan fingerprint density at radius 1 is 1.50 bits per heavy atom. The van der Waals surface area contributed by atoms with Crippen LogP contribution in [0.15, 0.2) is 18.2 Å². The number of rotatable bonds is 4. The lowest BCUT2D eigenvalue weighted by molar-refractivity contribution is 0.0602. The van der Waals surface area contributed by atoms with Crippen LogP contribution in [0.5, 0.6) is 0 Å². The van der Waals surface area contributed by atoms with Crippen LogP contribution in [0.4, 0.5) is 11.4 Å². The van der Waals surface area contributed by atoms with Gasteiger partial charge in [-0.05, 0) is 43.9 Å². The van der Waals surface area contributed by atoms with Crippen LogP contribution in [0.2, 0.25) is 0 Å². The minimum Gasteiger partial charge on any atom is -0.465 e. The van der Waals surface area contributed by atoms with E-state index in [4.69, 9.17) is 10.5 Å². The maximum atomic E-state index is 11.5. The Bertz CT molecular complexity index is 441. The highest BCUT2D eigenvalue weighted by molar-refractivity contribution is 5.96. The largest absolute Gasteiger partial charge is 0.465 e. The monoisotopic (exact) mass is 248 g/mol. The molecule has 1 aliphatic carbocycles. The van der Waals surface area contributed by atoms with Gasteiger partial charge in [-0.25, -0.2) is 4.79 Å². The quantitative estimate of drug-likeness (QED) is 0.635. The summed E-state index contributed by atoms with van der Waals surface area (Å²) in [5.74, 6) is 0.344. The number of nitrogens with one attached hydrogen (secondary N) is 1. The van der Waals surface area contributed by atoms with E-state index in [-0.39, 0.29) is 0 Å². The lowest BCUT2D eigenvalue weighted by Crippen LogP contribution is -2.30. The Balaban J connectivity index is 2.11. The first-order chi connectivity index (χ1) is 8.61. The fourth-order valence-electron chi connectivity index (χ4n) is 2.25. The van der Waals surface area contributed by atoms with Crippen LogP contribution in [0.3, 0.4) is 0 Å². The molecule has 2 rings (SSSR count). The van der Waals surface area contributed by atoms with E-state index in [2.05, 4.69) is 12.2 Å². The normalized spacial score (nSPS) is 16.8. The van der Waals surface area contributed by atoms with Gasteiger partial charge in [-0.1, -0.05) is 6.42 Å². The first kappa shape index (κ1) is 12.7. The van der Waals surface area contributed by atoms with Gasteiger partial charge in [0, 0.05) is 17.4 Å². The van der Waals surface area contributed by atoms with Gasteiger partial charge in [0.25, 0.3) is 0 Å². The smallest absolute Gasteiger partial charge is 0.340 e. The molecule has 0 radical (unpaired) electrons. The fourth-order valence-corrected chi connectivity index (χ4v) is 2.25. The van der Waals surface area contributed by atoms with Gasteiger partial charge in [0.1, 0.15) is 0 Å². The van der Waals surface area contributed by atoms with Crippen LogP contribution in [0.25, 0.3) is 0 Å². The van der Waals surface area contributed by atoms with Crippen molar-refractivity contribution in [2.75, 3.05) is 18.2 Å². The molecule has 3 N–H and O–H groups in total. The van der Waals surface area contributed by atoms with E-state index in [1.165, 1.54) is 26.4 Å². The Labute approximate surface area is 108 Å². The van der Waals surface area contributed by atoms with Crippen molar-refractivity contribution in [3.63, 3.8) is 0 Å². The number of benzene rings is 1. The summed E-state index contributed by atoms with van der Waals surface area (Å²) in [7, 11) is 1.36. The molecular weight excluding hydrogens is 228 g/mol. The minimum absolute atomic E-state index is 0.396. The Hall–Kier alpha value is -1.71. The summed E-state index contributed by atoms with van der Waals surface area (Å²) in [6.45, 7) is 2.18. The second-order valence-corrected chi connectivity index (χ2v) is 4.92. The second-order valence-electron chi connectivity index (χ2n) is 4.92. The summed E-state index contributed by atoms with van der Waals surface area (Å²) in [6, 6.07) is 5.82. The average Bonchev–Trinajstić information content (AvgIpc) is 2.28. The van der Waals surface area contributed by atoms with Crippen LogP contribution in [0, 0.1) is 5.92 Å². The highest BCUT2D eigenvalue weighted by Gasteiger charge is 2.23. The van der Waals surface area contributed by atoms with Crippen molar-refractivity contribution < 1.29 is 9.53 Å². The number of carbonyl (C=O) groups is 1. The zero-order valence-electron chi connectivity index (χ0n) is 10.9. The molecule has 0 aliphatic heterocycles. The van der Waals surface area contributed by atoms with Crippen LogP contribution < -0.4 is 11.1 Å². The average molecular weight is 248 g/mol. The van der Waals surface area contributed by atoms with Crippen molar-refractivity contribution in [2.24, 2.45) is 5.92 Å². The topological polar surface area (TPSA) is 64.3 Å². The molecule has 1 aromatic rings. The molecule has 0 bridgehead atoms. The zero-order chi connectivity index (χ0) is 13.1. The van der Waals surface area contributed by atoms with Gasteiger partial charge >= 0.3 is 5.97 Å². The van der Waals surface area contributed by atoms with Gasteiger partial charge < -0.3 is 15.8 Å². The van der Waals surface area contributed by atoms with E-state index in [1.54, 1.807) is 12.1 Å². The molecule has 0 saturated heterocycles. The van der Waals surface area contributed by atoms with Crippen LogP contribution in [0.1, 0.15) is 36.5 Å². The Kier molecular flexibility index (Phi) is 3.75. The van der Waals surface area contributed by atoms with Gasteiger partial charge in [0.05, 0.1) is 12.7 Å². The van der Waals surface area contributed by atoms with Crippen LogP contribution in [-0.2, 0) is 4.74 Å². The standard InChI is InChI=1S/C14H20N2O2/c1-9(10-4-3-5-10)16-11-6-7-13(15)12(8-11)14(17)18-2/h6-10,16H,3-5,15H2,1-2H3. The predicted octanol–water partition coefficient (Wildman–Crippen LogP) is 2.66. The lowest BCUT2D eigenvalue weighted by Gasteiger charge is -2.32. The van der Waals surface area contributed by atoms with E-state index in [0.29, 0.717) is 17.3 Å². The number of anilines is 2. The van der Waals surface area contributed by atoms with E-state index in [1.807, 2.05) is 6.07 Å². The molecule has 0 amide bonds. The molecule has 1 unspecified atom stereocenters. The first-order valence-corrected chi connectivity index (χ1v) is 6.36. The summed E-state index contributed by atoms with van der Waals surface area (Å²) in [6.07, 6.45) is 3.89. The molecule has 98 valence electrons. The molecule has 0 heterocycles. The number of nitrogens with two attached hydrogens (primary N) is 1. The maximum Gasteiger partial charge on any atom is 0.340 e. The van der Waals surface area contributed by atoms with Crippen molar-refractivity contribution in [1.82, 2.24) is 0 Å². The molecule has 0 aromatic heterocycles. The maximum absolute atomic E-state index is 11.5. The number of methoxy groups -OCH3 is 1. The minimum atomic E-state index is -0.396. The lowest BCUT2D eigenvalue weighted by atomic mass is 9.80. The molecule has 4 heteroatoms. The van der Waals surface area contributed by atoms with Crippen LogP contribution >= 0.6 is 0 Å². The third-order valence-corrected chi connectivity index (χ3v) is 3.71. The molecule has 1 aromatic carbocycles. The molecule has 0 spiro atoms. The van der Waals surface area contributed by atoms with Crippen molar-refractivity contribution >= 4 is 17.3 Å². The molecule has 1 aliphatic rings. The van der Waals surface area contributed by atoms with E-state index in [0.717, 1.165) is 11.6 Å². The van der Waals surface area contributed by atoms with E-state index >= 15 is 0 Å². The molecular formula is C14H20N2O2. The zero-order valence-corrected chi connectivity index (χ0v) is 10.9. The molecule has 18 heavy (non-hydrogen) atoms. The number of hydrogen-bond acceptors (Lipinski definition) is 4. The van der Waals surface area contributed by atoms with Gasteiger partial charge in [0.15, 0.2) is 0 Å². The summed E-state index contributed by atoms with van der Waals surface area (Å²) in [5, 5.41) is 3.43. The van der Waals surface area contributed by atoms with Gasteiger partial charge in [-0.3, -0.25) is 0 Å². The third kappa shape index (κ3) is 2.58. The SMILES string of the molecule is COC(=O)c1cc(NC(C)C2CCC2)ccc1N. The fraction of sp³-hybridized carbons (Fsp3) is 0.500. The number of ether oxygens (including phenoxy) is 1. The van der Waals surface area contributed by atoms with Crippen molar-refractivity contribution in [2.45, 2.75) is 32.2 Å². The van der Waals surface area contributed by atoms with Crippen molar-refractivity contribution in [3.05, 3.63) is 23.8 Å². The molecule has 1 atom stereocenters. The summed E-state index contributed by atoms with van der Waals surface area (Å²) in [5.41, 5.74) is 7.55. The Morgan fingerprint density at radius 3 is 2.78 bits per heavy atom. The number of hydrogen-bond donors (Lipinski definition) is 2. The summed E-state index contributed by atoms with van der Waals surface area (Å²) >= 11 is 0.